The fourth-order valence-corrected chi connectivity index (χ4v) is 2.35. The van der Waals surface area contributed by atoms with Crippen LogP contribution in [0.1, 0.15) is 11.3 Å². The predicted molar refractivity (Wildman–Crippen MR) is 68.9 cm³/mol. The number of pyridine rings is 1. The molecule has 0 aromatic carbocycles. The molecule has 2 aromatic rings. The van der Waals surface area contributed by atoms with Gasteiger partial charge >= 0.3 is 0 Å². The summed E-state index contributed by atoms with van der Waals surface area (Å²) in [7, 11) is 0. The fraction of sp³-hybridized carbons (Fsp3) is 0.333. The molecule has 1 aliphatic rings. The van der Waals surface area contributed by atoms with E-state index < -0.39 is 4.92 Å². The Morgan fingerprint density at radius 2 is 2.26 bits per heavy atom. The Labute approximate surface area is 109 Å². The van der Waals surface area contributed by atoms with Crippen LogP contribution in [0, 0.1) is 17.0 Å². The van der Waals surface area contributed by atoms with E-state index in [0.717, 1.165) is 36.7 Å². The van der Waals surface area contributed by atoms with Crippen molar-refractivity contribution in [2.24, 2.45) is 0 Å². The number of anilines is 1. The zero-order valence-electron chi connectivity index (χ0n) is 10.5. The summed E-state index contributed by atoms with van der Waals surface area (Å²) in [5, 5.41) is 14.9. The van der Waals surface area contributed by atoms with Gasteiger partial charge in [0.2, 0.25) is 0 Å². The van der Waals surface area contributed by atoms with Crippen LogP contribution in [0.4, 0.5) is 11.5 Å². The first-order chi connectivity index (χ1) is 9.15. The number of hydrogen-bond acceptors (Lipinski definition) is 5. The number of hydrogen-bond donors (Lipinski definition) is 0. The standard InChI is InChI=1S/C12H13N5O2/c1-9-6-11(17(18)19)7-13-12(9)15-4-5-16-10(8-15)2-3-14-16/h2-3,6-7H,4-5,8H2,1H3. The van der Waals surface area contributed by atoms with E-state index in [1.165, 1.54) is 6.20 Å². The van der Waals surface area contributed by atoms with E-state index in [9.17, 15) is 10.1 Å². The lowest BCUT2D eigenvalue weighted by molar-refractivity contribution is -0.385. The molecule has 2 aromatic heterocycles. The number of aryl methyl sites for hydroxylation is 1. The van der Waals surface area contributed by atoms with Gasteiger partial charge in [-0.25, -0.2) is 4.98 Å². The lowest BCUT2D eigenvalue weighted by atomic mass is 10.2. The van der Waals surface area contributed by atoms with Crippen molar-refractivity contribution in [2.45, 2.75) is 20.0 Å². The van der Waals surface area contributed by atoms with E-state index >= 15 is 0 Å². The summed E-state index contributed by atoms with van der Waals surface area (Å²) in [5.41, 5.74) is 1.98. The van der Waals surface area contributed by atoms with Crippen molar-refractivity contribution in [3.63, 3.8) is 0 Å². The molecule has 0 unspecified atom stereocenters. The molecule has 0 atom stereocenters. The Morgan fingerprint density at radius 1 is 1.42 bits per heavy atom. The Bertz CT molecular complexity index is 637. The molecule has 3 heterocycles. The van der Waals surface area contributed by atoms with Crippen molar-refractivity contribution in [1.82, 2.24) is 14.8 Å². The Hall–Kier alpha value is -2.44. The summed E-state index contributed by atoms with van der Waals surface area (Å²) < 4.78 is 1.97. The molecular formula is C12H13N5O2. The minimum absolute atomic E-state index is 0.0308. The highest BCUT2D eigenvalue weighted by Gasteiger charge is 2.20. The number of aromatic nitrogens is 3. The van der Waals surface area contributed by atoms with Gasteiger partial charge in [0.05, 0.1) is 23.7 Å². The van der Waals surface area contributed by atoms with Crippen molar-refractivity contribution in [3.8, 4) is 0 Å². The fourth-order valence-electron chi connectivity index (χ4n) is 2.35. The lowest BCUT2D eigenvalue weighted by Gasteiger charge is -2.29. The highest BCUT2D eigenvalue weighted by Crippen LogP contribution is 2.24. The highest BCUT2D eigenvalue weighted by atomic mass is 16.6. The normalized spacial score (nSPS) is 14.3. The third-order valence-electron chi connectivity index (χ3n) is 3.29. The summed E-state index contributed by atoms with van der Waals surface area (Å²) in [5.74, 6) is 0.804. The molecule has 0 fully saturated rings. The second-order valence-corrected chi connectivity index (χ2v) is 4.56. The molecule has 0 saturated carbocycles. The molecule has 0 amide bonds. The van der Waals surface area contributed by atoms with Crippen molar-refractivity contribution in [2.75, 3.05) is 11.4 Å². The van der Waals surface area contributed by atoms with Gasteiger partial charge in [-0.05, 0) is 18.6 Å². The first kappa shape index (κ1) is 11.6. The summed E-state index contributed by atoms with van der Waals surface area (Å²) >= 11 is 0. The van der Waals surface area contributed by atoms with Gasteiger partial charge < -0.3 is 4.90 Å². The van der Waals surface area contributed by atoms with Gasteiger partial charge in [-0.15, -0.1) is 0 Å². The summed E-state index contributed by atoms with van der Waals surface area (Å²) in [4.78, 5) is 16.6. The largest absolute Gasteiger partial charge is 0.349 e. The Balaban J connectivity index is 1.90. The molecule has 98 valence electrons. The van der Waals surface area contributed by atoms with Crippen LogP contribution in [0.5, 0.6) is 0 Å². The number of nitrogens with zero attached hydrogens (tertiary/aromatic N) is 5. The van der Waals surface area contributed by atoms with Crippen LogP contribution in [0.3, 0.4) is 0 Å². The molecule has 0 saturated heterocycles. The van der Waals surface area contributed by atoms with Gasteiger partial charge in [-0.3, -0.25) is 14.8 Å². The molecule has 19 heavy (non-hydrogen) atoms. The zero-order valence-corrected chi connectivity index (χ0v) is 10.5. The van der Waals surface area contributed by atoms with Crippen LogP contribution in [0.15, 0.2) is 24.5 Å². The van der Waals surface area contributed by atoms with Crippen LogP contribution in [0.25, 0.3) is 0 Å². The summed E-state index contributed by atoms with van der Waals surface area (Å²) in [6.07, 6.45) is 3.10. The topological polar surface area (TPSA) is 77.1 Å². The molecule has 0 radical (unpaired) electrons. The molecule has 0 N–H and O–H groups in total. The first-order valence-corrected chi connectivity index (χ1v) is 6.02. The molecule has 3 rings (SSSR count). The smallest absolute Gasteiger partial charge is 0.287 e. The van der Waals surface area contributed by atoms with E-state index in [1.807, 2.05) is 17.7 Å². The molecule has 7 nitrogen and oxygen atoms in total. The number of nitro groups is 1. The monoisotopic (exact) mass is 259 g/mol. The molecule has 0 aliphatic carbocycles. The predicted octanol–water partition coefficient (Wildman–Crippen LogP) is 1.51. The van der Waals surface area contributed by atoms with Gasteiger partial charge in [-0.2, -0.15) is 5.10 Å². The SMILES string of the molecule is Cc1cc([N+](=O)[O-])cnc1N1CCn2nccc2C1. The quantitative estimate of drug-likeness (QED) is 0.603. The van der Waals surface area contributed by atoms with Crippen LogP contribution < -0.4 is 4.90 Å². The molecule has 0 spiro atoms. The van der Waals surface area contributed by atoms with E-state index in [0.29, 0.717) is 0 Å². The minimum atomic E-state index is -0.422. The van der Waals surface area contributed by atoms with E-state index in [-0.39, 0.29) is 5.69 Å². The van der Waals surface area contributed by atoms with E-state index in [1.54, 1.807) is 12.3 Å². The third kappa shape index (κ3) is 2.03. The van der Waals surface area contributed by atoms with E-state index in [2.05, 4.69) is 15.0 Å². The maximum atomic E-state index is 10.7. The lowest BCUT2D eigenvalue weighted by Crippen LogP contribution is -2.34. The van der Waals surface area contributed by atoms with Crippen molar-refractivity contribution in [3.05, 3.63) is 45.9 Å². The van der Waals surface area contributed by atoms with Crippen molar-refractivity contribution >= 4 is 11.5 Å². The summed E-state index contributed by atoms with van der Waals surface area (Å²) in [6, 6.07) is 3.54. The zero-order chi connectivity index (χ0) is 13.4. The minimum Gasteiger partial charge on any atom is -0.349 e. The maximum absolute atomic E-state index is 10.7. The Morgan fingerprint density at radius 3 is 3.00 bits per heavy atom. The van der Waals surface area contributed by atoms with Crippen LogP contribution in [0.2, 0.25) is 0 Å². The van der Waals surface area contributed by atoms with Crippen LogP contribution in [-0.4, -0.2) is 26.2 Å². The average molecular weight is 259 g/mol. The third-order valence-corrected chi connectivity index (χ3v) is 3.29. The Kier molecular flexibility index (Phi) is 2.66. The van der Waals surface area contributed by atoms with Gasteiger partial charge in [0, 0.05) is 18.8 Å². The second kappa shape index (κ2) is 4.34. The van der Waals surface area contributed by atoms with Gasteiger partial charge in [0.25, 0.3) is 5.69 Å². The van der Waals surface area contributed by atoms with Crippen molar-refractivity contribution < 1.29 is 4.92 Å². The molecule has 7 heteroatoms. The molecule has 0 bridgehead atoms. The average Bonchev–Trinajstić information content (AvgIpc) is 2.85. The summed E-state index contributed by atoms with van der Waals surface area (Å²) in [6.45, 7) is 4.19. The van der Waals surface area contributed by atoms with Crippen LogP contribution in [-0.2, 0) is 13.1 Å². The van der Waals surface area contributed by atoms with Crippen LogP contribution >= 0.6 is 0 Å². The number of fused-ring (bicyclic) bond motifs is 1. The highest BCUT2D eigenvalue weighted by molar-refractivity contribution is 5.51. The van der Waals surface area contributed by atoms with Gasteiger partial charge in [-0.1, -0.05) is 0 Å². The van der Waals surface area contributed by atoms with Crippen molar-refractivity contribution in [1.29, 1.82) is 0 Å². The van der Waals surface area contributed by atoms with E-state index in [4.69, 9.17) is 0 Å². The second-order valence-electron chi connectivity index (χ2n) is 4.56. The van der Waals surface area contributed by atoms with Gasteiger partial charge in [0.1, 0.15) is 12.0 Å². The first-order valence-electron chi connectivity index (χ1n) is 6.02. The number of rotatable bonds is 2. The maximum Gasteiger partial charge on any atom is 0.287 e. The van der Waals surface area contributed by atoms with Gasteiger partial charge in [0.15, 0.2) is 0 Å². The molecule has 1 aliphatic heterocycles. The molecular weight excluding hydrogens is 246 g/mol.